The van der Waals surface area contributed by atoms with E-state index in [-0.39, 0.29) is 18.1 Å². The molecule has 0 spiro atoms. The molecule has 1 aromatic heterocycles. The Hall–Kier alpha value is -5.19. The van der Waals surface area contributed by atoms with Crippen LogP contribution in [0.1, 0.15) is 52.5 Å². The van der Waals surface area contributed by atoms with E-state index >= 15 is 0 Å². The summed E-state index contributed by atoms with van der Waals surface area (Å²) in [5, 5.41) is 0. The number of thiazole rings is 1. The van der Waals surface area contributed by atoms with Gasteiger partial charge in [0.15, 0.2) is 4.80 Å². The molecule has 0 unspecified atom stereocenters. The average Bonchev–Trinajstić information content (AvgIpc) is 3.45. The van der Waals surface area contributed by atoms with Gasteiger partial charge in [0.1, 0.15) is 12.4 Å². The molecule has 0 N–H and O–H groups in total. The Morgan fingerprint density at radius 3 is 2.18 bits per heavy atom. The highest BCUT2D eigenvalue weighted by molar-refractivity contribution is 7.98. The number of nitrogens with zero attached hydrogens (tertiary/aromatic N) is 2. The molecule has 0 radical (unpaired) electrons. The van der Waals surface area contributed by atoms with Gasteiger partial charge in [0.2, 0.25) is 0 Å². The van der Waals surface area contributed by atoms with Crippen LogP contribution in [0.2, 0.25) is 0 Å². The van der Waals surface area contributed by atoms with Gasteiger partial charge in [-0.2, -0.15) is 0 Å². The summed E-state index contributed by atoms with van der Waals surface area (Å²) in [6, 6.07) is 31.2. The maximum Gasteiger partial charge on any atom is 0.338 e. The zero-order valence-corrected chi connectivity index (χ0v) is 28.9. The Balaban J connectivity index is 1.34. The second-order valence-electron chi connectivity index (χ2n) is 11.0. The molecular weight excluding hydrogens is 657 g/mol. The zero-order chi connectivity index (χ0) is 34.3. The highest BCUT2D eigenvalue weighted by atomic mass is 32.2. The smallest absolute Gasteiger partial charge is 0.338 e. The SMILES string of the molecule is CCOC(=O)C1=C(c2ccccc2)N=c2s/c(=C\c3ccc(OCc4ccc(C(=O)OCC)cc4)cc3)c(=O)n2[C@@H]1c1ccc(SC)cc1. The topological polar surface area (TPSA) is 96.2 Å². The largest absolute Gasteiger partial charge is 0.489 e. The average molecular weight is 691 g/mol. The van der Waals surface area contributed by atoms with E-state index in [9.17, 15) is 14.4 Å². The van der Waals surface area contributed by atoms with Gasteiger partial charge in [0.05, 0.1) is 40.6 Å². The van der Waals surface area contributed by atoms with Crippen molar-refractivity contribution in [2.75, 3.05) is 19.5 Å². The first kappa shape index (κ1) is 33.7. The Bertz CT molecular complexity index is 2170. The summed E-state index contributed by atoms with van der Waals surface area (Å²) in [4.78, 5) is 46.2. The van der Waals surface area contributed by atoms with Crippen molar-refractivity contribution in [1.82, 2.24) is 4.57 Å². The van der Waals surface area contributed by atoms with Gasteiger partial charge in [-0.1, -0.05) is 78.1 Å². The molecule has 8 nitrogen and oxygen atoms in total. The summed E-state index contributed by atoms with van der Waals surface area (Å²) < 4.78 is 18.7. The lowest BCUT2D eigenvalue weighted by Gasteiger charge is -2.26. The van der Waals surface area contributed by atoms with Crippen molar-refractivity contribution in [1.29, 1.82) is 0 Å². The summed E-state index contributed by atoms with van der Waals surface area (Å²) in [5.74, 6) is -0.202. The maximum absolute atomic E-state index is 14.2. The molecular formula is C39H34N2O6S2. The molecule has 4 aromatic carbocycles. The molecule has 1 atom stereocenters. The number of benzene rings is 4. The fraction of sp³-hybridized carbons (Fsp3) is 0.179. The van der Waals surface area contributed by atoms with Crippen LogP contribution in [0.25, 0.3) is 11.8 Å². The van der Waals surface area contributed by atoms with E-state index < -0.39 is 12.0 Å². The second-order valence-corrected chi connectivity index (χ2v) is 12.9. The molecule has 5 aromatic rings. The summed E-state index contributed by atoms with van der Waals surface area (Å²) >= 11 is 2.90. The van der Waals surface area contributed by atoms with E-state index in [4.69, 9.17) is 19.2 Å². The lowest BCUT2D eigenvalue weighted by atomic mass is 9.93. The number of carbonyl (C=O) groups is 2. The Morgan fingerprint density at radius 1 is 0.857 bits per heavy atom. The maximum atomic E-state index is 14.2. The van der Waals surface area contributed by atoms with Crippen LogP contribution in [0, 0.1) is 0 Å². The lowest BCUT2D eigenvalue weighted by molar-refractivity contribution is -0.138. The van der Waals surface area contributed by atoms with E-state index in [2.05, 4.69) is 0 Å². The fourth-order valence-corrected chi connectivity index (χ4v) is 6.88. The van der Waals surface area contributed by atoms with Gasteiger partial charge in [0, 0.05) is 10.5 Å². The third-order valence-electron chi connectivity index (χ3n) is 7.85. The van der Waals surface area contributed by atoms with Crippen LogP contribution in [0.4, 0.5) is 0 Å². The van der Waals surface area contributed by atoms with Crippen molar-refractivity contribution in [3.63, 3.8) is 0 Å². The highest BCUT2D eigenvalue weighted by Crippen LogP contribution is 2.35. The number of hydrogen-bond donors (Lipinski definition) is 0. The lowest BCUT2D eigenvalue weighted by Crippen LogP contribution is -2.40. The van der Waals surface area contributed by atoms with Crippen LogP contribution in [0.3, 0.4) is 0 Å². The minimum Gasteiger partial charge on any atom is -0.489 e. The fourth-order valence-electron chi connectivity index (χ4n) is 5.47. The van der Waals surface area contributed by atoms with Crippen molar-refractivity contribution in [3.8, 4) is 5.75 Å². The number of hydrogen-bond acceptors (Lipinski definition) is 9. The molecule has 2 heterocycles. The van der Waals surface area contributed by atoms with Gasteiger partial charge in [-0.15, -0.1) is 11.8 Å². The van der Waals surface area contributed by atoms with Crippen molar-refractivity contribution >= 4 is 46.8 Å². The molecule has 6 rings (SSSR count). The van der Waals surface area contributed by atoms with Crippen molar-refractivity contribution in [2.24, 2.45) is 4.99 Å². The van der Waals surface area contributed by atoms with Crippen molar-refractivity contribution < 1.29 is 23.8 Å². The number of fused-ring (bicyclic) bond motifs is 1. The zero-order valence-electron chi connectivity index (χ0n) is 27.3. The van der Waals surface area contributed by atoms with E-state index in [1.807, 2.05) is 103 Å². The molecule has 10 heteroatoms. The summed E-state index contributed by atoms with van der Waals surface area (Å²) in [5.41, 5.74) is 4.33. The van der Waals surface area contributed by atoms with E-state index in [1.54, 1.807) is 42.3 Å². The van der Waals surface area contributed by atoms with Gasteiger partial charge >= 0.3 is 11.9 Å². The van der Waals surface area contributed by atoms with E-state index in [0.29, 0.717) is 45.1 Å². The van der Waals surface area contributed by atoms with Crippen LogP contribution < -0.4 is 19.6 Å². The molecule has 0 amide bonds. The third-order valence-corrected chi connectivity index (χ3v) is 9.58. The molecule has 0 saturated carbocycles. The van der Waals surface area contributed by atoms with Crippen molar-refractivity contribution in [2.45, 2.75) is 31.4 Å². The van der Waals surface area contributed by atoms with Crippen LogP contribution in [-0.2, 0) is 20.9 Å². The number of esters is 2. The minimum absolute atomic E-state index is 0.189. The molecule has 248 valence electrons. The normalized spacial score (nSPS) is 14.2. The highest BCUT2D eigenvalue weighted by Gasteiger charge is 2.35. The number of ether oxygens (including phenoxy) is 3. The summed E-state index contributed by atoms with van der Waals surface area (Å²) in [6.07, 6.45) is 3.83. The summed E-state index contributed by atoms with van der Waals surface area (Å²) in [6.45, 7) is 4.38. The monoisotopic (exact) mass is 690 g/mol. The van der Waals surface area contributed by atoms with E-state index in [1.165, 1.54) is 11.3 Å². The first-order chi connectivity index (χ1) is 23.9. The van der Waals surface area contributed by atoms with Crippen LogP contribution >= 0.6 is 23.1 Å². The van der Waals surface area contributed by atoms with E-state index in [0.717, 1.165) is 27.1 Å². The number of carbonyl (C=O) groups excluding carboxylic acids is 2. The Morgan fingerprint density at radius 2 is 1.53 bits per heavy atom. The molecule has 1 aliphatic heterocycles. The number of rotatable bonds is 11. The molecule has 49 heavy (non-hydrogen) atoms. The van der Waals surface area contributed by atoms with Crippen LogP contribution in [0.15, 0.2) is 123 Å². The van der Waals surface area contributed by atoms with Crippen LogP contribution in [0.5, 0.6) is 5.75 Å². The third kappa shape index (κ3) is 7.45. The second kappa shape index (κ2) is 15.4. The van der Waals surface area contributed by atoms with Gasteiger partial charge in [-0.05, 0) is 79.3 Å². The Labute approximate surface area is 292 Å². The van der Waals surface area contributed by atoms with Crippen LogP contribution in [-0.4, -0.2) is 36.0 Å². The van der Waals surface area contributed by atoms with Gasteiger partial charge in [0.25, 0.3) is 5.56 Å². The summed E-state index contributed by atoms with van der Waals surface area (Å²) in [7, 11) is 0. The molecule has 0 aliphatic carbocycles. The molecule has 1 aliphatic rings. The van der Waals surface area contributed by atoms with Gasteiger partial charge in [-0.25, -0.2) is 14.6 Å². The quantitative estimate of drug-likeness (QED) is 0.117. The number of thioether (sulfide) groups is 1. The molecule has 0 bridgehead atoms. The first-order valence-electron chi connectivity index (χ1n) is 15.8. The number of aromatic nitrogens is 1. The van der Waals surface area contributed by atoms with Crippen molar-refractivity contribution in [3.05, 3.63) is 156 Å². The predicted molar refractivity (Wildman–Crippen MR) is 192 cm³/mol. The molecule has 0 saturated heterocycles. The minimum atomic E-state index is -0.731. The predicted octanol–water partition coefficient (Wildman–Crippen LogP) is 6.41. The standard InChI is InChI=1S/C39H34N2O6S2/c1-4-45-37(43)29-15-11-26(12-16-29)24-47-30-19-13-25(14-20-30)23-32-36(42)41-35(28-17-21-31(48-3)22-18-28)33(38(44)46-5-2)34(40-39(41)49-32)27-9-7-6-8-10-27/h6-23,35H,4-5,24H2,1-3H3/b32-23-/t35-/m1/s1. The van der Waals surface area contributed by atoms with Gasteiger partial charge < -0.3 is 14.2 Å². The Kier molecular flexibility index (Phi) is 10.6. The van der Waals surface area contributed by atoms with Gasteiger partial charge in [-0.3, -0.25) is 9.36 Å². The first-order valence-corrected chi connectivity index (χ1v) is 17.9. The molecule has 0 fully saturated rings.